The van der Waals surface area contributed by atoms with E-state index in [2.05, 4.69) is 84.0 Å². The van der Waals surface area contributed by atoms with Gasteiger partial charge in [-0.25, -0.2) is 4.39 Å². The number of allylic oxidation sites excluding steroid dienone is 1. The van der Waals surface area contributed by atoms with E-state index < -0.39 is 8.07 Å². The molecule has 0 amide bonds. The third-order valence-corrected chi connectivity index (χ3v) is 16.5. The van der Waals surface area contributed by atoms with E-state index in [0.717, 1.165) is 28.9 Å². The molecule has 1 aliphatic rings. The zero-order chi connectivity index (χ0) is 29.0. The molecule has 222 valence electrons. The molecular formula is C38H59FSi. The summed E-state index contributed by atoms with van der Waals surface area (Å²) in [7, 11) is -1.76. The molecule has 0 N–H and O–H groups in total. The van der Waals surface area contributed by atoms with Crippen LogP contribution in [-0.4, -0.2) is 8.07 Å². The van der Waals surface area contributed by atoms with Gasteiger partial charge in [0.05, 0.1) is 8.07 Å². The SMILES string of the molecule is CCCCCCCCC1(CCCCCCCC)c2ccccc2-c2ccc(/C(F)=C(\C)[Si](CC)(CC)CC)cc21. The van der Waals surface area contributed by atoms with Gasteiger partial charge in [-0.05, 0) is 53.3 Å². The van der Waals surface area contributed by atoms with Crippen molar-refractivity contribution in [3.8, 4) is 11.1 Å². The molecule has 2 aromatic rings. The van der Waals surface area contributed by atoms with Crippen molar-refractivity contribution in [2.24, 2.45) is 0 Å². The third-order valence-electron chi connectivity index (χ3n) is 10.6. The highest BCUT2D eigenvalue weighted by atomic mass is 28.3. The molecule has 0 unspecified atom stereocenters. The Balaban J connectivity index is 2.03. The van der Waals surface area contributed by atoms with Gasteiger partial charge in [-0.2, -0.15) is 0 Å². The maximum atomic E-state index is 16.4. The van der Waals surface area contributed by atoms with Crippen LogP contribution in [0.2, 0.25) is 18.1 Å². The first kappa shape index (κ1) is 32.8. The van der Waals surface area contributed by atoms with Crippen LogP contribution < -0.4 is 0 Å². The highest BCUT2D eigenvalue weighted by Crippen LogP contribution is 2.55. The number of halogens is 1. The molecule has 3 rings (SSSR count). The van der Waals surface area contributed by atoms with Crippen molar-refractivity contribution in [3.63, 3.8) is 0 Å². The molecule has 0 aromatic heterocycles. The Morgan fingerprint density at radius 2 is 1.12 bits per heavy atom. The van der Waals surface area contributed by atoms with Gasteiger partial charge in [-0.15, -0.1) is 0 Å². The minimum Gasteiger partial charge on any atom is -0.207 e. The predicted molar refractivity (Wildman–Crippen MR) is 180 cm³/mol. The highest BCUT2D eigenvalue weighted by molar-refractivity contribution is 6.87. The summed E-state index contributed by atoms with van der Waals surface area (Å²) in [6.07, 6.45) is 18.2. The van der Waals surface area contributed by atoms with Gasteiger partial charge in [0.15, 0.2) is 0 Å². The summed E-state index contributed by atoms with van der Waals surface area (Å²) >= 11 is 0. The predicted octanol–water partition coefficient (Wildman–Crippen LogP) is 13.2. The van der Waals surface area contributed by atoms with E-state index in [0.29, 0.717) is 0 Å². The van der Waals surface area contributed by atoms with Crippen molar-refractivity contribution >= 4 is 13.9 Å². The monoisotopic (exact) mass is 562 g/mol. The fourth-order valence-corrected chi connectivity index (χ4v) is 11.4. The van der Waals surface area contributed by atoms with Crippen LogP contribution in [-0.2, 0) is 5.41 Å². The molecule has 1 aliphatic carbocycles. The van der Waals surface area contributed by atoms with Gasteiger partial charge in [-0.3, -0.25) is 0 Å². The van der Waals surface area contributed by atoms with Crippen molar-refractivity contribution in [3.05, 3.63) is 64.4 Å². The third kappa shape index (κ3) is 7.20. The molecule has 0 fully saturated rings. The quantitative estimate of drug-likeness (QED) is 0.118. The van der Waals surface area contributed by atoms with E-state index in [1.54, 1.807) is 0 Å². The van der Waals surface area contributed by atoms with Crippen molar-refractivity contribution in [1.29, 1.82) is 0 Å². The average Bonchev–Trinajstić information content (AvgIpc) is 3.26. The van der Waals surface area contributed by atoms with Gasteiger partial charge < -0.3 is 0 Å². The van der Waals surface area contributed by atoms with Crippen LogP contribution in [0.15, 0.2) is 47.7 Å². The molecule has 0 bridgehead atoms. The minimum absolute atomic E-state index is 0.0143. The Labute approximate surface area is 248 Å². The van der Waals surface area contributed by atoms with Crippen LogP contribution in [0, 0.1) is 0 Å². The fraction of sp³-hybridized carbons (Fsp3) is 0.632. The fourth-order valence-electron chi connectivity index (χ4n) is 7.66. The Hall–Kier alpha value is -1.67. The lowest BCUT2D eigenvalue weighted by atomic mass is 9.70. The molecule has 0 spiro atoms. The van der Waals surface area contributed by atoms with Crippen molar-refractivity contribution < 1.29 is 4.39 Å². The van der Waals surface area contributed by atoms with Crippen LogP contribution in [0.1, 0.15) is 148 Å². The van der Waals surface area contributed by atoms with Crippen LogP contribution in [0.5, 0.6) is 0 Å². The zero-order valence-corrected chi connectivity index (χ0v) is 27.9. The van der Waals surface area contributed by atoms with Gasteiger partial charge in [-0.1, -0.05) is 166 Å². The van der Waals surface area contributed by atoms with E-state index in [4.69, 9.17) is 0 Å². The van der Waals surface area contributed by atoms with Crippen molar-refractivity contribution in [2.75, 3.05) is 0 Å². The number of unbranched alkanes of at least 4 members (excludes halogenated alkanes) is 10. The first-order chi connectivity index (χ1) is 19.4. The summed E-state index contributed by atoms with van der Waals surface area (Å²) in [6, 6.07) is 19.1. The van der Waals surface area contributed by atoms with Crippen LogP contribution >= 0.6 is 0 Å². The van der Waals surface area contributed by atoms with Crippen molar-refractivity contribution in [2.45, 2.75) is 155 Å². The lowest BCUT2D eigenvalue weighted by molar-refractivity contribution is 0.397. The average molecular weight is 563 g/mol. The summed E-state index contributed by atoms with van der Waals surface area (Å²) in [5, 5.41) is 1.08. The summed E-state index contributed by atoms with van der Waals surface area (Å²) in [6.45, 7) is 13.5. The largest absolute Gasteiger partial charge is 0.207 e. The molecule has 0 saturated heterocycles. The van der Waals surface area contributed by atoms with Crippen LogP contribution in [0.25, 0.3) is 17.0 Å². The topological polar surface area (TPSA) is 0 Å². The van der Waals surface area contributed by atoms with Gasteiger partial charge in [0, 0.05) is 11.0 Å². The van der Waals surface area contributed by atoms with Crippen LogP contribution in [0.3, 0.4) is 0 Å². The van der Waals surface area contributed by atoms with E-state index in [1.165, 1.54) is 112 Å². The standard InChI is InChI=1S/C38H59FSi/c1-7-12-14-16-18-22-28-38(29-23-19-17-15-13-8-2)35-25-21-20-24-33(35)34-27-26-32(30-36(34)38)37(39)31(6)40(9-3,10-4)11-5/h20-21,24-27,30H,7-19,22-23,28-29H2,1-6H3/b37-31-. The Morgan fingerprint density at radius 3 is 1.68 bits per heavy atom. The lowest BCUT2D eigenvalue weighted by Crippen LogP contribution is -2.34. The summed E-state index contributed by atoms with van der Waals surface area (Å²) in [5.41, 5.74) is 6.50. The first-order valence-electron chi connectivity index (χ1n) is 17.1. The smallest absolute Gasteiger partial charge is 0.125 e. The molecule has 0 saturated carbocycles. The molecule has 40 heavy (non-hydrogen) atoms. The number of benzene rings is 2. The Bertz CT molecular complexity index is 1050. The van der Waals surface area contributed by atoms with Crippen LogP contribution in [0.4, 0.5) is 4.39 Å². The molecular weight excluding hydrogens is 504 g/mol. The number of rotatable bonds is 19. The maximum absolute atomic E-state index is 16.4. The van der Waals surface area contributed by atoms with Gasteiger partial charge in [0.2, 0.25) is 0 Å². The number of fused-ring (bicyclic) bond motifs is 3. The summed E-state index contributed by atoms with van der Waals surface area (Å²) in [5.74, 6) is 0.0732. The van der Waals surface area contributed by atoms with Gasteiger partial charge in [0.1, 0.15) is 5.83 Å². The Kier molecular flexibility index (Phi) is 13.2. The van der Waals surface area contributed by atoms with Crippen molar-refractivity contribution in [1.82, 2.24) is 0 Å². The second-order valence-electron chi connectivity index (χ2n) is 12.7. The van der Waals surface area contributed by atoms with E-state index in [-0.39, 0.29) is 11.2 Å². The summed E-state index contributed by atoms with van der Waals surface area (Å²) in [4.78, 5) is 0. The van der Waals surface area contributed by atoms with Gasteiger partial charge >= 0.3 is 0 Å². The molecule has 0 nitrogen and oxygen atoms in total. The lowest BCUT2D eigenvalue weighted by Gasteiger charge is -2.33. The van der Waals surface area contributed by atoms with E-state index in [1.807, 2.05) is 0 Å². The maximum Gasteiger partial charge on any atom is 0.125 e. The normalized spacial score (nSPS) is 14.7. The molecule has 0 radical (unpaired) electrons. The van der Waals surface area contributed by atoms with Gasteiger partial charge in [0.25, 0.3) is 0 Å². The number of hydrogen-bond donors (Lipinski definition) is 0. The second-order valence-corrected chi connectivity index (χ2v) is 18.1. The Morgan fingerprint density at radius 1 is 0.625 bits per heavy atom. The molecule has 2 heteroatoms. The minimum atomic E-state index is -1.76. The summed E-state index contributed by atoms with van der Waals surface area (Å²) < 4.78 is 16.4. The molecule has 0 aliphatic heterocycles. The van der Waals surface area contributed by atoms with E-state index >= 15 is 4.39 Å². The second kappa shape index (κ2) is 16.1. The zero-order valence-electron chi connectivity index (χ0n) is 26.9. The number of hydrogen-bond acceptors (Lipinski definition) is 0. The first-order valence-corrected chi connectivity index (χ1v) is 19.7. The molecule has 2 aromatic carbocycles. The molecule has 0 heterocycles. The molecule has 0 atom stereocenters. The highest BCUT2D eigenvalue weighted by Gasteiger charge is 2.42. The van der Waals surface area contributed by atoms with E-state index in [9.17, 15) is 0 Å².